The van der Waals surface area contributed by atoms with Crippen LogP contribution in [-0.4, -0.2) is 79.9 Å². The Hall–Kier alpha value is -3.21. The van der Waals surface area contributed by atoms with Crippen LogP contribution in [0.15, 0.2) is 12.1 Å². The lowest BCUT2D eigenvalue weighted by atomic mass is 10.1. The minimum Gasteiger partial charge on any atom is -0.481 e. The summed E-state index contributed by atoms with van der Waals surface area (Å²) in [4.78, 5) is 33.3. The highest BCUT2D eigenvalue weighted by molar-refractivity contribution is 5.97. The highest BCUT2D eigenvalue weighted by Crippen LogP contribution is 2.35. The molecule has 0 aromatic carbocycles. The molecule has 2 atom stereocenters. The molecule has 0 saturated carbocycles. The Bertz CT molecular complexity index is 1020. The van der Waals surface area contributed by atoms with Gasteiger partial charge in [-0.2, -0.15) is 4.98 Å². The maximum Gasteiger partial charge on any atom is 0.260 e. The number of carbonyl (C=O) groups excluding carboxylic acids is 2. The number of likely N-dealkylation sites (tertiary alicyclic amines) is 1. The van der Waals surface area contributed by atoms with E-state index in [0.717, 1.165) is 0 Å². The summed E-state index contributed by atoms with van der Waals surface area (Å²) in [6, 6.07) is 2.75. The molecular weight excluding hydrogens is 416 g/mol. The molecule has 2 aromatic rings. The fourth-order valence-electron chi connectivity index (χ4n) is 4.27. The van der Waals surface area contributed by atoms with Crippen LogP contribution in [0.4, 0.5) is 0 Å². The predicted octanol–water partition coefficient (Wildman–Crippen LogP) is 0.637. The van der Waals surface area contributed by atoms with Crippen molar-refractivity contribution in [3.63, 3.8) is 0 Å². The molecule has 1 fully saturated rings. The number of nitrogens with zero attached hydrogens (tertiary/aromatic N) is 6. The van der Waals surface area contributed by atoms with Gasteiger partial charge in [0.1, 0.15) is 5.56 Å². The molecule has 0 bridgehead atoms. The molecule has 2 aliphatic heterocycles. The molecule has 2 unspecified atom stereocenters. The topological polar surface area (TPSA) is 123 Å². The van der Waals surface area contributed by atoms with Crippen molar-refractivity contribution < 1.29 is 24.2 Å². The Morgan fingerprint density at radius 1 is 1.16 bits per heavy atom. The molecule has 4 heterocycles. The van der Waals surface area contributed by atoms with E-state index in [0.29, 0.717) is 43.6 Å². The molecule has 1 saturated heterocycles. The Balaban J connectivity index is 1.61. The molecule has 0 spiro atoms. The largest absolute Gasteiger partial charge is 0.481 e. The van der Waals surface area contributed by atoms with Gasteiger partial charge in [-0.05, 0) is 6.07 Å². The fraction of sp³-hybridized carbons (Fsp3) is 0.571. The number of β-amino-alcohol motifs (C(OH)–C–C–N with tert-alkyl or cyclic N) is 1. The molecule has 172 valence electrons. The van der Waals surface area contributed by atoms with Crippen LogP contribution in [0, 0.1) is 5.92 Å². The van der Waals surface area contributed by atoms with Crippen LogP contribution in [0.5, 0.6) is 11.8 Å². The molecule has 2 aromatic heterocycles. The van der Waals surface area contributed by atoms with Gasteiger partial charge in [0.15, 0.2) is 11.6 Å². The first kappa shape index (κ1) is 22.0. The van der Waals surface area contributed by atoms with E-state index >= 15 is 0 Å². The Morgan fingerprint density at radius 3 is 2.62 bits per heavy atom. The lowest BCUT2D eigenvalue weighted by Gasteiger charge is -2.31. The number of ether oxygens (including phenoxy) is 2. The van der Waals surface area contributed by atoms with Crippen molar-refractivity contribution in [2.75, 3.05) is 27.3 Å². The molecule has 32 heavy (non-hydrogen) atoms. The molecule has 2 aliphatic rings. The molecular formula is C21H28N6O5. The van der Waals surface area contributed by atoms with E-state index < -0.39 is 12.1 Å². The Kier molecular flexibility index (Phi) is 6.00. The van der Waals surface area contributed by atoms with Gasteiger partial charge < -0.3 is 28.9 Å². The van der Waals surface area contributed by atoms with Crippen LogP contribution < -0.4 is 9.47 Å². The molecule has 11 nitrogen and oxygen atoms in total. The van der Waals surface area contributed by atoms with Crippen LogP contribution in [-0.2, 0) is 17.9 Å². The zero-order valence-corrected chi connectivity index (χ0v) is 18.7. The van der Waals surface area contributed by atoms with Gasteiger partial charge in [0.05, 0.1) is 32.9 Å². The van der Waals surface area contributed by atoms with E-state index in [1.165, 1.54) is 14.2 Å². The average Bonchev–Trinajstić information content (AvgIpc) is 3.39. The number of aromatic nitrogens is 4. The summed E-state index contributed by atoms with van der Waals surface area (Å²) in [6.45, 7) is 5.38. The zero-order valence-electron chi connectivity index (χ0n) is 18.7. The fourth-order valence-corrected chi connectivity index (χ4v) is 4.27. The van der Waals surface area contributed by atoms with Gasteiger partial charge in [-0.3, -0.25) is 9.59 Å². The molecule has 1 N–H and O–H groups in total. The smallest absolute Gasteiger partial charge is 0.260 e. The van der Waals surface area contributed by atoms with Crippen LogP contribution in [0.3, 0.4) is 0 Å². The number of aliphatic hydroxyl groups excluding tert-OH is 1. The van der Waals surface area contributed by atoms with Crippen molar-refractivity contribution in [3.05, 3.63) is 29.3 Å². The van der Waals surface area contributed by atoms with Gasteiger partial charge in [-0.15, -0.1) is 10.2 Å². The summed E-state index contributed by atoms with van der Waals surface area (Å²) in [6.07, 6.45) is -0.332. The van der Waals surface area contributed by atoms with Gasteiger partial charge in [0.2, 0.25) is 17.7 Å². The van der Waals surface area contributed by atoms with Crippen LogP contribution in [0.2, 0.25) is 0 Å². The number of hydrogen-bond donors (Lipinski definition) is 1. The lowest BCUT2D eigenvalue weighted by Crippen LogP contribution is -2.41. The third-order valence-corrected chi connectivity index (χ3v) is 5.89. The van der Waals surface area contributed by atoms with Crippen molar-refractivity contribution in [3.8, 4) is 11.8 Å². The zero-order chi connectivity index (χ0) is 23.0. The number of fused-ring (bicyclic) bond motifs is 1. The van der Waals surface area contributed by atoms with E-state index in [4.69, 9.17) is 9.47 Å². The van der Waals surface area contributed by atoms with Crippen LogP contribution in [0.25, 0.3) is 0 Å². The predicted molar refractivity (Wildman–Crippen MR) is 112 cm³/mol. The van der Waals surface area contributed by atoms with Gasteiger partial charge >= 0.3 is 0 Å². The van der Waals surface area contributed by atoms with Gasteiger partial charge in [0.25, 0.3) is 5.91 Å². The van der Waals surface area contributed by atoms with Gasteiger partial charge in [0, 0.05) is 38.0 Å². The second-order valence-electron chi connectivity index (χ2n) is 8.31. The average molecular weight is 444 g/mol. The van der Waals surface area contributed by atoms with E-state index in [-0.39, 0.29) is 35.7 Å². The molecule has 0 radical (unpaired) electrons. The van der Waals surface area contributed by atoms with Crippen LogP contribution in [0.1, 0.15) is 48.3 Å². The van der Waals surface area contributed by atoms with E-state index in [2.05, 4.69) is 15.2 Å². The standard InChI is InChI=1S/C21H28N6O5/c1-12(2)20(29)25-7-8-26-16(11-25)23-24-18(26)15-9-13(28)10-27(15)21(30)14-5-6-17(31-3)22-19(14)32-4/h5-6,12-13,15,28H,7-11H2,1-4H3. The summed E-state index contributed by atoms with van der Waals surface area (Å²) in [5, 5.41) is 19.0. The van der Waals surface area contributed by atoms with Crippen molar-refractivity contribution >= 4 is 11.8 Å². The highest BCUT2D eigenvalue weighted by atomic mass is 16.5. The minimum absolute atomic E-state index is 0.0768. The van der Waals surface area contributed by atoms with E-state index in [1.54, 1.807) is 21.9 Å². The number of rotatable bonds is 5. The minimum atomic E-state index is -0.684. The summed E-state index contributed by atoms with van der Waals surface area (Å²) < 4.78 is 12.4. The van der Waals surface area contributed by atoms with Crippen molar-refractivity contribution in [2.45, 2.75) is 45.5 Å². The summed E-state index contributed by atoms with van der Waals surface area (Å²) >= 11 is 0. The number of pyridine rings is 1. The van der Waals surface area contributed by atoms with Crippen molar-refractivity contribution in [2.24, 2.45) is 5.92 Å². The molecule has 0 aliphatic carbocycles. The van der Waals surface area contributed by atoms with Crippen molar-refractivity contribution in [1.29, 1.82) is 0 Å². The first-order valence-electron chi connectivity index (χ1n) is 10.6. The molecule has 11 heteroatoms. The first-order chi connectivity index (χ1) is 15.3. The number of amides is 2. The normalized spacial score (nSPS) is 20.4. The second-order valence-corrected chi connectivity index (χ2v) is 8.31. The maximum atomic E-state index is 13.4. The second kappa shape index (κ2) is 8.73. The SMILES string of the molecule is COc1ccc(C(=O)N2CC(O)CC2c2nnc3n2CCN(C(=O)C(C)C)C3)c(OC)n1. The number of aliphatic hydroxyl groups is 1. The van der Waals surface area contributed by atoms with E-state index in [1.807, 2.05) is 18.4 Å². The summed E-state index contributed by atoms with van der Waals surface area (Å²) in [7, 11) is 2.92. The first-order valence-corrected chi connectivity index (χ1v) is 10.6. The van der Waals surface area contributed by atoms with Gasteiger partial charge in [-0.1, -0.05) is 13.8 Å². The lowest BCUT2D eigenvalue weighted by molar-refractivity contribution is -0.136. The molecule has 4 rings (SSSR count). The summed E-state index contributed by atoms with van der Waals surface area (Å²) in [5.41, 5.74) is 0.277. The number of hydrogen-bond acceptors (Lipinski definition) is 8. The van der Waals surface area contributed by atoms with Crippen LogP contribution >= 0.6 is 0 Å². The summed E-state index contributed by atoms with van der Waals surface area (Å²) in [5.74, 6) is 1.45. The third-order valence-electron chi connectivity index (χ3n) is 5.89. The highest BCUT2D eigenvalue weighted by Gasteiger charge is 2.41. The monoisotopic (exact) mass is 444 g/mol. The maximum absolute atomic E-state index is 13.4. The number of methoxy groups -OCH3 is 2. The molecule has 2 amide bonds. The van der Waals surface area contributed by atoms with Crippen molar-refractivity contribution in [1.82, 2.24) is 29.5 Å². The Morgan fingerprint density at radius 2 is 1.94 bits per heavy atom. The Labute approximate surface area is 185 Å². The quantitative estimate of drug-likeness (QED) is 0.713. The third kappa shape index (κ3) is 3.88. The van der Waals surface area contributed by atoms with E-state index in [9.17, 15) is 14.7 Å². The van der Waals surface area contributed by atoms with Gasteiger partial charge in [-0.25, -0.2) is 0 Å². The number of carbonyl (C=O) groups is 2.